The Morgan fingerprint density at radius 3 is 1.83 bits per heavy atom. The first kappa shape index (κ1) is 26.6. The quantitative estimate of drug-likeness (QED) is 0.283. The van der Waals surface area contributed by atoms with Gasteiger partial charge in [-0.25, -0.2) is 0 Å². The maximum absolute atomic E-state index is 9.84. The SMILES string of the molecule is CC/C(=C(\c1ccc(O)cc1)c1ccc(OCCC(C)(C)CC(C)(C)CC)cc1)c1ccccc1. The third-order valence-corrected chi connectivity index (χ3v) is 7.04. The van der Waals surface area contributed by atoms with Crippen LogP contribution in [0.5, 0.6) is 11.5 Å². The highest BCUT2D eigenvalue weighted by molar-refractivity contribution is 5.98. The first-order valence-electron chi connectivity index (χ1n) is 13.0. The molecule has 1 N–H and O–H groups in total. The Morgan fingerprint density at radius 1 is 0.714 bits per heavy atom. The minimum absolute atomic E-state index is 0.250. The summed E-state index contributed by atoms with van der Waals surface area (Å²) in [4.78, 5) is 0. The molecular formula is C33H42O2. The van der Waals surface area contributed by atoms with Crippen LogP contribution in [0.15, 0.2) is 78.9 Å². The van der Waals surface area contributed by atoms with Crippen molar-refractivity contribution in [3.8, 4) is 11.5 Å². The molecule has 35 heavy (non-hydrogen) atoms. The largest absolute Gasteiger partial charge is 0.508 e. The van der Waals surface area contributed by atoms with Crippen LogP contribution in [0, 0.1) is 10.8 Å². The Morgan fingerprint density at radius 2 is 1.29 bits per heavy atom. The monoisotopic (exact) mass is 470 g/mol. The minimum Gasteiger partial charge on any atom is -0.508 e. The summed E-state index contributed by atoms with van der Waals surface area (Å²) >= 11 is 0. The van der Waals surface area contributed by atoms with E-state index in [0.29, 0.717) is 5.41 Å². The van der Waals surface area contributed by atoms with E-state index in [9.17, 15) is 5.11 Å². The Kier molecular flexibility index (Phi) is 8.83. The van der Waals surface area contributed by atoms with Gasteiger partial charge in [-0.05, 0) is 82.2 Å². The van der Waals surface area contributed by atoms with Crippen molar-refractivity contribution in [1.29, 1.82) is 0 Å². The summed E-state index contributed by atoms with van der Waals surface area (Å²) in [7, 11) is 0. The standard InChI is InChI=1S/C33H42O2/c1-7-30(25-12-10-9-11-13-25)31(26-14-18-28(34)19-15-26)27-16-20-29(21-17-27)35-23-22-33(5,6)24-32(3,4)8-2/h9-21,34H,7-8,22-24H2,1-6H3/b31-30-. The van der Waals surface area contributed by atoms with Gasteiger partial charge in [0.2, 0.25) is 0 Å². The fraction of sp³-hybridized carbons (Fsp3) is 0.394. The number of hydrogen-bond donors (Lipinski definition) is 1. The smallest absolute Gasteiger partial charge is 0.119 e. The lowest BCUT2D eigenvalue weighted by atomic mass is 9.72. The van der Waals surface area contributed by atoms with Crippen molar-refractivity contribution in [3.05, 3.63) is 95.6 Å². The molecule has 0 aliphatic rings. The summed E-state index contributed by atoms with van der Waals surface area (Å²) in [6, 6.07) is 26.5. The Hall–Kier alpha value is -3.00. The molecule has 0 radical (unpaired) electrons. The van der Waals surface area contributed by atoms with Gasteiger partial charge in [-0.1, -0.05) is 103 Å². The van der Waals surface area contributed by atoms with Crippen molar-refractivity contribution < 1.29 is 9.84 Å². The van der Waals surface area contributed by atoms with Crippen LogP contribution in [0.1, 0.15) is 83.9 Å². The Bertz CT molecular complexity index is 1090. The molecule has 0 unspecified atom stereocenters. The molecule has 3 aromatic rings. The molecule has 0 saturated carbocycles. The van der Waals surface area contributed by atoms with Gasteiger partial charge < -0.3 is 9.84 Å². The highest BCUT2D eigenvalue weighted by atomic mass is 16.5. The minimum atomic E-state index is 0.250. The van der Waals surface area contributed by atoms with Crippen molar-refractivity contribution >= 4 is 11.1 Å². The maximum atomic E-state index is 9.84. The van der Waals surface area contributed by atoms with Crippen LogP contribution in [0.4, 0.5) is 0 Å². The van der Waals surface area contributed by atoms with Gasteiger partial charge in [-0.15, -0.1) is 0 Å². The van der Waals surface area contributed by atoms with Crippen LogP contribution < -0.4 is 4.74 Å². The number of ether oxygens (including phenoxy) is 1. The molecule has 186 valence electrons. The van der Waals surface area contributed by atoms with E-state index in [1.54, 1.807) is 12.1 Å². The summed E-state index contributed by atoms with van der Waals surface area (Å²) in [6.45, 7) is 14.6. The van der Waals surface area contributed by atoms with E-state index in [1.165, 1.54) is 29.6 Å². The van der Waals surface area contributed by atoms with Crippen molar-refractivity contribution in [2.24, 2.45) is 10.8 Å². The molecule has 3 rings (SSSR count). The summed E-state index contributed by atoms with van der Waals surface area (Å²) in [6.07, 6.45) is 4.32. The van der Waals surface area contributed by atoms with Crippen LogP contribution >= 0.6 is 0 Å². The molecule has 0 spiro atoms. The van der Waals surface area contributed by atoms with E-state index in [4.69, 9.17) is 4.74 Å². The molecule has 0 amide bonds. The molecule has 0 heterocycles. The van der Waals surface area contributed by atoms with Crippen LogP contribution in [-0.4, -0.2) is 11.7 Å². The first-order chi connectivity index (χ1) is 16.6. The zero-order valence-corrected chi connectivity index (χ0v) is 22.4. The Labute approximate surface area is 212 Å². The van der Waals surface area contributed by atoms with Crippen molar-refractivity contribution in [2.75, 3.05) is 6.61 Å². The second-order valence-electron chi connectivity index (χ2n) is 11.1. The van der Waals surface area contributed by atoms with E-state index >= 15 is 0 Å². The molecular weight excluding hydrogens is 428 g/mol. The second-order valence-corrected chi connectivity index (χ2v) is 11.1. The van der Waals surface area contributed by atoms with Crippen LogP contribution in [0.3, 0.4) is 0 Å². The summed E-state index contributed by atoms with van der Waals surface area (Å²) in [5.74, 6) is 1.18. The van der Waals surface area contributed by atoms with Crippen molar-refractivity contribution in [2.45, 2.75) is 67.2 Å². The lowest BCUT2D eigenvalue weighted by molar-refractivity contribution is 0.149. The van der Waals surface area contributed by atoms with Crippen LogP contribution in [-0.2, 0) is 0 Å². The predicted molar refractivity (Wildman–Crippen MR) is 150 cm³/mol. The molecule has 3 aromatic carbocycles. The highest BCUT2D eigenvalue weighted by Crippen LogP contribution is 2.39. The summed E-state index contributed by atoms with van der Waals surface area (Å²) < 4.78 is 6.17. The number of phenols is 1. The molecule has 0 atom stereocenters. The zero-order chi connectivity index (χ0) is 25.5. The normalized spacial score (nSPS) is 12.9. The lowest BCUT2D eigenvalue weighted by Gasteiger charge is -2.34. The average molecular weight is 471 g/mol. The van der Waals surface area contributed by atoms with Gasteiger partial charge in [0, 0.05) is 0 Å². The molecule has 0 aliphatic heterocycles. The van der Waals surface area contributed by atoms with Gasteiger partial charge in [0.1, 0.15) is 11.5 Å². The van der Waals surface area contributed by atoms with E-state index in [0.717, 1.165) is 36.3 Å². The number of benzene rings is 3. The number of hydrogen-bond acceptors (Lipinski definition) is 2. The van der Waals surface area contributed by atoms with Gasteiger partial charge >= 0.3 is 0 Å². The molecule has 0 bridgehead atoms. The van der Waals surface area contributed by atoms with Crippen LogP contribution in [0.25, 0.3) is 11.1 Å². The van der Waals surface area contributed by atoms with E-state index in [-0.39, 0.29) is 11.2 Å². The number of allylic oxidation sites excluding steroid dienone is 1. The fourth-order valence-electron chi connectivity index (χ4n) is 4.98. The van der Waals surface area contributed by atoms with Gasteiger partial charge in [0.05, 0.1) is 6.61 Å². The van der Waals surface area contributed by atoms with Crippen LogP contribution in [0.2, 0.25) is 0 Å². The van der Waals surface area contributed by atoms with Crippen molar-refractivity contribution in [1.82, 2.24) is 0 Å². The third kappa shape index (κ3) is 7.49. The highest BCUT2D eigenvalue weighted by Gasteiger charge is 2.27. The molecule has 0 aliphatic carbocycles. The van der Waals surface area contributed by atoms with Crippen molar-refractivity contribution in [3.63, 3.8) is 0 Å². The first-order valence-corrected chi connectivity index (χ1v) is 13.0. The number of aromatic hydroxyl groups is 1. The average Bonchev–Trinajstić information content (AvgIpc) is 2.83. The lowest BCUT2D eigenvalue weighted by Crippen LogP contribution is -2.24. The van der Waals surface area contributed by atoms with E-state index in [2.05, 4.69) is 90.1 Å². The molecule has 2 heteroatoms. The fourth-order valence-corrected chi connectivity index (χ4v) is 4.98. The third-order valence-electron chi connectivity index (χ3n) is 7.04. The Balaban J connectivity index is 1.83. The molecule has 0 fully saturated rings. The molecule has 2 nitrogen and oxygen atoms in total. The molecule has 0 saturated heterocycles. The van der Waals surface area contributed by atoms with E-state index in [1.807, 2.05) is 18.2 Å². The second kappa shape index (κ2) is 11.6. The van der Waals surface area contributed by atoms with E-state index < -0.39 is 0 Å². The van der Waals surface area contributed by atoms with Gasteiger partial charge in [0.25, 0.3) is 0 Å². The molecule has 0 aromatic heterocycles. The zero-order valence-electron chi connectivity index (χ0n) is 22.4. The van der Waals surface area contributed by atoms with Gasteiger partial charge in [-0.2, -0.15) is 0 Å². The topological polar surface area (TPSA) is 29.5 Å². The van der Waals surface area contributed by atoms with Gasteiger partial charge in [-0.3, -0.25) is 0 Å². The van der Waals surface area contributed by atoms with Gasteiger partial charge in [0.15, 0.2) is 0 Å². The summed E-state index contributed by atoms with van der Waals surface area (Å²) in [5, 5.41) is 9.84. The predicted octanol–water partition coefficient (Wildman–Crippen LogP) is 9.38. The number of rotatable bonds is 11. The maximum Gasteiger partial charge on any atom is 0.119 e. The summed E-state index contributed by atoms with van der Waals surface area (Å²) in [5.41, 5.74) is 6.54. The number of phenolic OH excluding ortho intramolecular Hbond substituents is 1.